The van der Waals surface area contributed by atoms with Crippen LogP contribution in [0.15, 0.2) is 40.9 Å². The molecule has 4 heteroatoms. The second kappa shape index (κ2) is 6.06. The first kappa shape index (κ1) is 14.4. The zero-order chi connectivity index (χ0) is 14.8. The van der Waals surface area contributed by atoms with Crippen molar-refractivity contribution in [2.24, 2.45) is 5.92 Å². The Balaban J connectivity index is 1.72. The lowest BCUT2D eigenvalue weighted by molar-refractivity contribution is 0.186. The number of halogens is 1. The number of benzene rings is 2. The maximum atomic E-state index is 12.3. The Morgan fingerprint density at radius 2 is 1.81 bits per heavy atom. The lowest BCUT2D eigenvalue weighted by Crippen LogP contribution is -2.40. The quantitative estimate of drug-likeness (QED) is 0.785. The van der Waals surface area contributed by atoms with Gasteiger partial charge in [0.15, 0.2) is 0 Å². The molecule has 0 unspecified atom stereocenters. The SMILES string of the molecule is CC1CCN(C(=O)Nc2ccc3cc(Br)ccc3c2)CC1. The fraction of sp³-hybridized carbons (Fsp3) is 0.353. The number of anilines is 1. The van der Waals surface area contributed by atoms with Crippen molar-refractivity contribution in [2.75, 3.05) is 18.4 Å². The number of nitrogens with one attached hydrogen (secondary N) is 1. The van der Waals surface area contributed by atoms with Gasteiger partial charge in [-0.25, -0.2) is 4.79 Å². The van der Waals surface area contributed by atoms with Crippen LogP contribution in [-0.2, 0) is 0 Å². The number of fused-ring (bicyclic) bond motifs is 1. The lowest BCUT2D eigenvalue weighted by Gasteiger charge is -2.30. The normalized spacial score (nSPS) is 16.2. The third kappa shape index (κ3) is 3.38. The van der Waals surface area contributed by atoms with E-state index >= 15 is 0 Å². The average Bonchev–Trinajstić information content (AvgIpc) is 2.48. The van der Waals surface area contributed by atoms with E-state index in [2.05, 4.69) is 40.3 Å². The van der Waals surface area contributed by atoms with E-state index in [1.807, 2.05) is 29.2 Å². The molecule has 2 amide bonds. The van der Waals surface area contributed by atoms with Gasteiger partial charge in [-0.15, -0.1) is 0 Å². The maximum Gasteiger partial charge on any atom is 0.321 e. The molecule has 1 aliphatic rings. The van der Waals surface area contributed by atoms with Gasteiger partial charge < -0.3 is 10.2 Å². The van der Waals surface area contributed by atoms with Gasteiger partial charge in [0.2, 0.25) is 0 Å². The molecular formula is C17H19BrN2O. The second-order valence-corrected chi connectivity index (χ2v) is 6.72. The van der Waals surface area contributed by atoms with Crippen molar-refractivity contribution in [3.05, 3.63) is 40.9 Å². The van der Waals surface area contributed by atoms with Crippen LogP contribution in [0, 0.1) is 5.92 Å². The Kier molecular flexibility index (Phi) is 4.15. The van der Waals surface area contributed by atoms with Crippen LogP contribution >= 0.6 is 15.9 Å². The fourth-order valence-corrected chi connectivity index (χ4v) is 3.09. The van der Waals surface area contributed by atoms with Crippen LogP contribution in [0.4, 0.5) is 10.5 Å². The van der Waals surface area contributed by atoms with Crippen molar-refractivity contribution >= 4 is 38.4 Å². The molecule has 0 aliphatic carbocycles. The Bertz CT molecular complexity index is 663. The standard InChI is InChI=1S/C17H19BrN2O/c1-12-6-8-20(9-7-12)17(21)19-16-5-3-13-10-15(18)4-2-14(13)11-16/h2-5,10-12H,6-9H2,1H3,(H,19,21). The minimum atomic E-state index is 0.0124. The molecule has 1 aliphatic heterocycles. The van der Waals surface area contributed by atoms with Crippen LogP contribution in [0.2, 0.25) is 0 Å². The first-order valence-electron chi connectivity index (χ1n) is 7.37. The molecule has 3 rings (SSSR count). The van der Waals surface area contributed by atoms with Crippen molar-refractivity contribution in [3.8, 4) is 0 Å². The molecule has 110 valence electrons. The molecule has 3 nitrogen and oxygen atoms in total. The van der Waals surface area contributed by atoms with Crippen molar-refractivity contribution in [1.29, 1.82) is 0 Å². The molecule has 2 aromatic carbocycles. The third-order valence-corrected chi connectivity index (χ3v) is 4.62. The van der Waals surface area contributed by atoms with E-state index in [4.69, 9.17) is 0 Å². The minimum Gasteiger partial charge on any atom is -0.325 e. The molecule has 21 heavy (non-hydrogen) atoms. The van der Waals surface area contributed by atoms with Crippen LogP contribution < -0.4 is 5.32 Å². The smallest absolute Gasteiger partial charge is 0.321 e. The summed E-state index contributed by atoms with van der Waals surface area (Å²) in [7, 11) is 0. The number of nitrogens with zero attached hydrogens (tertiary/aromatic N) is 1. The predicted octanol–water partition coefficient (Wildman–Crippen LogP) is 4.87. The van der Waals surface area contributed by atoms with Crippen LogP contribution in [0.1, 0.15) is 19.8 Å². The number of hydrogen-bond acceptors (Lipinski definition) is 1. The van der Waals surface area contributed by atoms with Gasteiger partial charge in [-0.05, 0) is 53.8 Å². The number of amides is 2. The highest BCUT2D eigenvalue weighted by Crippen LogP contribution is 2.23. The van der Waals surface area contributed by atoms with E-state index in [0.29, 0.717) is 0 Å². The Labute approximate surface area is 133 Å². The Hall–Kier alpha value is -1.55. The lowest BCUT2D eigenvalue weighted by atomic mass is 10.00. The van der Waals surface area contributed by atoms with Gasteiger partial charge in [-0.1, -0.05) is 35.0 Å². The molecular weight excluding hydrogens is 328 g/mol. The maximum absolute atomic E-state index is 12.3. The average molecular weight is 347 g/mol. The molecule has 0 radical (unpaired) electrons. The summed E-state index contributed by atoms with van der Waals surface area (Å²) in [4.78, 5) is 14.2. The number of carbonyl (C=O) groups is 1. The monoisotopic (exact) mass is 346 g/mol. The first-order chi connectivity index (χ1) is 10.1. The summed E-state index contributed by atoms with van der Waals surface area (Å²) in [6.07, 6.45) is 2.19. The summed E-state index contributed by atoms with van der Waals surface area (Å²) in [5.41, 5.74) is 0.855. The number of hydrogen-bond donors (Lipinski definition) is 1. The number of piperidine rings is 1. The molecule has 0 bridgehead atoms. The van der Waals surface area contributed by atoms with Crippen molar-refractivity contribution < 1.29 is 4.79 Å². The van der Waals surface area contributed by atoms with Crippen LogP contribution in [0.25, 0.3) is 10.8 Å². The molecule has 0 aromatic heterocycles. The number of rotatable bonds is 1. The fourth-order valence-electron chi connectivity index (χ4n) is 2.71. The summed E-state index contributed by atoms with van der Waals surface area (Å²) in [5.74, 6) is 0.730. The van der Waals surface area contributed by atoms with Gasteiger partial charge in [-0.2, -0.15) is 0 Å². The van der Waals surface area contributed by atoms with E-state index in [1.165, 1.54) is 0 Å². The number of urea groups is 1. The third-order valence-electron chi connectivity index (χ3n) is 4.12. The molecule has 1 heterocycles. The van der Waals surface area contributed by atoms with Crippen molar-refractivity contribution in [1.82, 2.24) is 4.90 Å². The summed E-state index contributed by atoms with van der Waals surface area (Å²) in [6.45, 7) is 3.96. The topological polar surface area (TPSA) is 32.3 Å². The molecule has 0 saturated carbocycles. The van der Waals surface area contributed by atoms with Crippen molar-refractivity contribution in [2.45, 2.75) is 19.8 Å². The van der Waals surface area contributed by atoms with E-state index in [9.17, 15) is 4.79 Å². The summed E-state index contributed by atoms with van der Waals surface area (Å²) >= 11 is 3.47. The van der Waals surface area contributed by atoms with Gasteiger partial charge in [0.1, 0.15) is 0 Å². The first-order valence-corrected chi connectivity index (χ1v) is 8.16. The van der Waals surface area contributed by atoms with E-state index in [0.717, 1.165) is 52.8 Å². The van der Waals surface area contributed by atoms with E-state index < -0.39 is 0 Å². The highest BCUT2D eigenvalue weighted by molar-refractivity contribution is 9.10. The van der Waals surface area contributed by atoms with Crippen molar-refractivity contribution in [3.63, 3.8) is 0 Å². The van der Waals surface area contributed by atoms with Crippen LogP contribution in [-0.4, -0.2) is 24.0 Å². The molecule has 1 N–H and O–H groups in total. The van der Waals surface area contributed by atoms with E-state index in [1.54, 1.807) is 0 Å². The largest absolute Gasteiger partial charge is 0.325 e. The Morgan fingerprint density at radius 1 is 1.14 bits per heavy atom. The zero-order valence-corrected chi connectivity index (χ0v) is 13.7. The van der Waals surface area contributed by atoms with E-state index in [-0.39, 0.29) is 6.03 Å². The van der Waals surface area contributed by atoms with Gasteiger partial charge in [0, 0.05) is 23.2 Å². The van der Waals surface area contributed by atoms with Crippen LogP contribution in [0.5, 0.6) is 0 Å². The predicted molar refractivity (Wildman–Crippen MR) is 90.6 cm³/mol. The highest BCUT2D eigenvalue weighted by atomic mass is 79.9. The van der Waals surface area contributed by atoms with Gasteiger partial charge in [0.05, 0.1) is 0 Å². The molecule has 0 spiro atoms. The summed E-state index contributed by atoms with van der Waals surface area (Å²) in [6, 6.07) is 12.2. The highest BCUT2D eigenvalue weighted by Gasteiger charge is 2.20. The van der Waals surface area contributed by atoms with Gasteiger partial charge >= 0.3 is 6.03 Å². The Morgan fingerprint density at radius 3 is 2.57 bits per heavy atom. The van der Waals surface area contributed by atoms with Crippen LogP contribution in [0.3, 0.4) is 0 Å². The number of likely N-dealkylation sites (tertiary alicyclic amines) is 1. The molecule has 1 saturated heterocycles. The minimum absolute atomic E-state index is 0.0124. The molecule has 1 fully saturated rings. The molecule has 2 aromatic rings. The molecule has 0 atom stereocenters. The van der Waals surface area contributed by atoms with Gasteiger partial charge in [-0.3, -0.25) is 0 Å². The summed E-state index contributed by atoms with van der Waals surface area (Å²) < 4.78 is 1.06. The summed E-state index contributed by atoms with van der Waals surface area (Å²) in [5, 5.41) is 5.30. The zero-order valence-electron chi connectivity index (χ0n) is 12.1. The second-order valence-electron chi connectivity index (χ2n) is 5.81. The van der Waals surface area contributed by atoms with Gasteiger partial charge in [0.25, 0.3) is 0 Å². The number of carbonyl (C=O) groups excluding carboxylic acids is 1.